The van der Waals surface area contributed by atoms with Crippen molar-refractivity contribution in [3.8, 4) is 0 Å². The number of benzene rings is 1. The highest BCUT2D eigenvalue weighted by atomic mass is 35.5. The standard InChI is InChI=1S/C14H14Cl2N2/c1-9-5-6-18-8-11(9)14(17-2)10-3-4-12(15)13(16)7-10/h3-8,14,17H,1-2H3. The fourth-order valence-electron chi connectivity index (χ4n) is 1.97. The second kappa shape index (κ2) is 5.70. The minimum Gasteiger partial charge on any atom is -0.309 e. The molecule has 0 bridgehead atoms. The van der Waals surface area contributed by atoms with E-state index in [4.69, 9.17) is 23.2 Å². The summed E-state index contributed by atoms with van der Waals surface area (Å²) in [6.45, 7) is 2.07. The van der Waals surface area contributed by atoms with Crippen LogP contribution in [0.25, 0.3) is 0 Å². The molecule has 0 spiro atoms. The minimum atomic E-state index is 0.0634. The Morgan fingerprint density at radius 2 is 1.94 bits per heavy atom. The summed E-state index contributed by atoms with van der Waals surface area (Å²) in [5.41, 5.74) is 3.40. The van der Waals surface area contributed by atoms with Gasteiger partial charge in [-0.25, -0.2) is 0 Å². The molecule has 1 aromatic carbocycles. The Kier molecular flexibility index (Phi) is 4.23. The molecular formula is C14H14Cl2N2. The summed E-state index contributed by atoms with van der Waals surface area (Å²) >= 11 is 12.0. The van der Waals surface area contributed by atoms with E-state index in [-0.39, 0.29) is 6.04 Å². The molecule has 0 aliphatic heterocycles. The van der Waals surface area contributed by atoms with Crippen LogP contribution in [-0.4, -0.2) is 12.0 Å². The topological polar surface area (TPSA) is 24.9 Å². The van der Waals surface area contributed by atoms with Gasteiger partial charge in [-0.1, -0.05) is 29.3 Å². The number of hydrogen-bond acceptors (Lipinski definition) is 2. The average Bonchev–Trinajstić information content (AvgIpc) is 2.37. The third-order valence-corrected chi connectivity index (χ3v) is 3.70. The lowest BCUT2D eigenvalue weighted by atomic mass is 9.97. The van der Waals surface area contributed by atoms with Crippen LogP contribution in [0.4, 0.5) is 0 Å². The highest BCUT2D eigenvalue weighted by Crippen LogP contribution is 2.29. The third-order valence-electron chi connectivity index (χ3n) is 2.96. The van der Waals surface area contributed by atoms with Gasteiger partial charge in [0, 0.05) is 12.4 Å². The predicted octanol–water partition coefficient (Wildman–Crippen LogP) is 4.01. The summed E-state index contributed by atoms with van der Waals surface area (Å²) in [5.74, 6) is 0. The van der Waals surface area contributed by atoms with E-state index in [1.165, 1.54) is 5.56 Å². The number of halogens is 2. The molecule has 4 heteroatoms. The Morgan fingerprint density at radius 1 is 1.17 bits per heavy atom. The van der Waals surface area contributed by atoms with Gasteiger partial charge in [0.05, 0.1) is 16.1 Å². The van der Waals surface area contributed by atoms with Gasteiger partial charge in [-0.05, 0) is 48.9 Å². The van der Waals surface area contributed by atoms with Gasteiger partial charge in [-0.3, -0.25) is 4.98 Å². The van der Waals surface area contributed by atoms with Crippen LogP contribution < -0.4 is 5.32 Å². The number of nitrogens with one attached hydrogen (secondary N) is 1. The van der Waals surface area contributed by atoms with Crippen molar-refractivity contribution in [3.63, 3.8) is 0 Å². The molecule has 1 atom stereocenters. The van der Waals surface area contributed by atoms with E-state index in [1.807, 2.05) is 37.5 Å². The number of pyridine rings is 1. The molecule has 0 fully saturated rings. The zero-order chi connectivity index (χ0) is 13.1. The van der Waals surface area contributed by atoms with Crippen LogP contribution in [0.2, 0.25) is 10.0 Å². The van der Waals surface area contributed by atoms with Crippen molar-refractivity contribution in [2.75, 3.05) is 7.05 Å². The number of rotatable bonds is 3. The van der Waals surface area contributed by atoms with Crippen molar-refractivity contribution in [2.24, 2.45) is 0 Å². The Balaban J connectivity index is 2.45. The Morgan fingerprint density at radius 3 is 2.56 bits per heavy atom. The maximum Gasteiger partial charge on any atom is 0.0595 e. The van der Waals surface area contributed by atoms with Gasteiger partial charge in [0.25, 0.3) is 0 Å². The molecule has 2 rings (SSSR count). The Hall–Kier alpha value is -1.09. The van der Waals surface area contributed by atoms with Crippen molar-refractivity contribution < 1.29 is 0 Å². The molecule has 0 saturated heterocycles. The molecule has 0 aliphatic rings. The summed E-state index contributed by atoms with van der Waals surface area (Å²) < 4.78 is 0. The van der Waals surface area contributed by atoms with Crippen molar-refractivity contribution in [2.45, 2.75) is 13.0 Å². The maximum atomic E-state index is 6.07. The maximum absolute atomic E-state index is 6.07. The Labute approximate surface area is 117 Å². The normalized spacial score (nSPS) is 12.4. The highest BCUT2D eigenvalue weighted by Gasteiger charge is 2.15. The van der Waals surface area contributed by atoms with Crippen LogP contribution in [0.5, 0.6) is 0 Å². The zero-order valence-corrected chi connectivity index (χ0v) is 11.8. The van der Waals surface area contributed by atoms with E-state index in [0.717, 1.165) is 11.1 Å². The molecule has 2 nitrogen and oxygen atoms in total. The highest BCUT2D eigenvalue weighted by molar-refractivity contribution is 6.42. The molecule has 1 aromatic heterocycles. The number of hydrogen-bond donors (Lipinski definition) is 1. The summed E-state index contributed by atoms with van der Waals surface area (Å²) in [7, 11) is 1.92. The fraction of sp³-hybridized carbons (Fsp3) is 0.214. The van der Waals surface area contributed by atoms with Gasteiger partial charge < -0.3 is 5.32 Å². The first kappa shape index (κ1) is 13.3. The van der Waals surface area contributed by atoms with Crippen LogP contribution in [0.3, 0.4) is 0 Å². The SMILES string of the molecule is CNC(c1ccc(Cl)c(Cl)c1)c1cnccc1C. The predicted molar refractivity (Wildman–Crippen MR) is 76.3 cm³/mol. The monoisotopic (exact) mass is 280 g/mol. The van der Waals surface area contributed by atoms with E-state index >= 15 is 0 Å². The molecule has 0 radical (unpaired) electrons. The molecule has 94 valence electrons. The molecule has 0 saturated carbocycles. The summed E-state index contributed by atoms with van der Waals surface area (Å²) in [4.78, 5) is 4.18. The van der Waals surface area contributed by atoms with Gasteiger partial charge in [0.15, 0.2) is 0 Å². The number of nitrogens with zero attached hydrogens (tertiary/aromatic N) is 1. The van der Waals surface area contributed by atoms with Crippen molar-refractivity contribution in [3.05, 3.63) is 63.4 Å². The zero-order valence-electron chi connectivity index (χ0n) is 10.2. The van der Waals surface area contributed by atoms with Crippen molar-refractivity contribution in [1.29, 1.82) is 0 Å². The lowest BCUT2D eigenvalue weighted by molar-refractivity contribution is 0.684. The summed E-state index contributed by atoms with van der Waals surface area (Å²) in [6, 6.07) is 7.74. The lowest BCUT2D eigenvalue weighted by Crippen LogP contribution is -2.18. The lowest BCUT2D eigenvalue weighted by Gasteiger charge is -2.19. The number of aromatic nitrogens is 1. The van der Waals surface area contributed by atoms with E-state index in [2.05, 4.69) is 17.2 Å². The second-order valence-electron chi connectivity index (χ2n) is 4.13. The van der Waals surface area contributed by atoms with E-state index < -0.39 is 0 Å². The van der Waals surface area contributed by atoms with Crippen LogP contribution in [0, 0.1) is 6.92 Å². The molecule has 2 aromatic rings. The third kappa shape index (κ3) is 2.66. The minimum absolute atomic E-state index is 0.0634. The molecule has 0 amide bonds. The largest absolute Gasteiger partial charge is 0.309 e. The van der Waals surface area contributed by atoms with Crippen molar-refractivity contribution >= 4 is 23.2 Å². The van der Waals surface area contributed by atoms with Crippen LogP contribution in [0.15, 0.2) is 36.7 Å². The molecule has 18 heavy (non-hydrogen) atoms. The van der Waals surface area contributed by atoms with E-state index in [9.17, 15) is 0 Å². The van der Waals surface area contributed by atoms with Crippen molar-refractivity contribution in [1.82, 2.24) is 10.3 Å². The molecule has 1 heterocycles. The first-order valence-electron chi connectivity index (χ1n) is 5.66. The summed E-state index contributed by atoms with van der Waals surface area (Å²) in [6.07, 6.45) is 3.67. The van der Waals surface area contributed by atoms with E-state index in [0.29, 0.717) is 10.0 Å². The quantitative estimate of drug-likeness (QED) is 0.919. The van der Waals surface area contributed by atoms with Gasteiger partial charge in [0.1, 0.15) is 0 Å². The Bertz CT molecular complexity index is 555. The fourth-order valence-corrected chi connectivity index (χ4v) is 2.28. The second-order valence-corrected chi connectivity index (χ2v) is 4.94. The first-order chi connectivity index (χ1) is 8.63. The molecule has 0 aliphatic carbocycles. The number of aryl methyl sites for hydroxylation is 1. The first-order valence-corrected chi connectivity index (χ1v) is 6.42. The summed E-state index contributed by atoms with van der Waals surface area (Å²) in [5, 5.41) is 4.41. The molecular weight excluding hydrogens is 267 g/mol. The molecule has 1 unspecified atom stereocenters. The average molecular weight is 281 g/mol. The van der Waals surface area contributed by atoms with Crippen LogP contribution in [0.1, 0.15) is 22.7 Å². The van der Waals surface area contributed by atoms with Crippen LogP contribution >= 0.6 is 23.2 Å². The van der Waals surface area contributed by atoms with Gasteiger partial charge in [-0.2, -0.15) is 0 Å². The van der Waals surface area contributed by atoms with E-state index in [1.54, 1.807) is 6.20 Å². The van der Waals surface area contributed by atoms with Gasteiger partial charge >= 0.3 is 0 Å². The smallest absolute Gasteiger partial charge is 0.0595 e. The van der Waals surface area contributed by atoms with Gasteiger partial charge in [-0.15, -0.1) is 0 Å². The molecule has 1 N–H and O–H groups in total. The van der Waals surface area contributed by atoms with Crippen LogP contribution in [-0.2, 0) is 0 Å². The van der Waals surface area contributed by atoms with Gasteiger partial charge in [0.2, 0.25) is 0 Å².